The highest BCUT2D eigenvalue weighted by Gasteiger charge is 2.40. The summed E-state index contributed by atoms with van der Waals surface area (Å²) in [6.07, 6.45) is 4.53. The van der Waals surface area contributed by atoms with Crippen molar-refractivity contribution in [3.8, 4) is 0 Å². The molecule has 0 aromatic heterocycles. The lowest BCUT2D eigenvalue weighted by Crippen LogP contribution is -2.59. The molecular formula is C18H26N2O2. The Morgan fingerprint density at radius 1 is 1.14 bits per heavy atom. The average Bonchev–Trinajstić information content (AvgIpc) is 2.47. The van der Waals surface area contributed by atoms with Gasteiger partial charge < -0.3 is 10.6 Å². The topological polar surface area (TPSA) is 58.2 Å². The Balaban J connectivity index is 2.14. The van der Waals surface area contributed by atoms with Crippen molar-refractivity contribution in [2.75, 3.05) is 0 Å². The predicted molar refractivity (Wildman–Crippen MR) is 87.4 cm³/mol. The van der Waals surface area contributed by atoms with E-state index in [1.165, 1.54) is 6.92 Å². The zero-order valence-electron chi connectivity index (χ0n) is 13.7. The summed E-state index contributed by atoms with van der Waals surface area (Å²) >= 11 is 0. The summed E-state index contributed by atoms with van der Waals surface area (Å²) in [7, 11) is 0. The fraction of sp³-hybridized carbons (Fsp3) is 0.556. The van der Waals surface area contributed by atoms with Crippen molar-refractivity contribution < 1.29 is 9.59 Å². The van der Waals surface area contributed by atoms with E-state index in [0.29, 0.717) is 0 Å². The van der Waals surface area contributed by atoms with Crippen molar-refractivity contribution in [1.82, 2.24) is 10.6 Å². The molecule has 0 saturated heterocycles. The third-order valence-corrected chi connectivity index (χ3v) is 4.56. The van der Waals surface area contributed by atoms with Gasteiger partial charge in [0.05, 0.1) is 6.04 Å². The van der Waals surface area contributed by atoms with Crippen LogP contribution in [0.4, 0.5) is 0 Å². The highest BCUT2D eigenvalue weighted by Crippen LogP contribution is 2.29. The molecule has 1 fully saturated rings. The Labute approximate surface area is 132 Å². The van der Waals surface area contributed by atoms with Gasteiger partial charge in [0.2, 0.25) is 11.8 Å². The van der Waals surface area contributed by atoms with E-state index in [1.807, 2.05) is 38.1 Å². The van der Waals surface area contributed by atoms with Crippen LogP contribution in [0, 0.1) is 6.92 Å². The quantitative estimate of drug-likeness (QED) is 0.898. The summed E-state index contributed by atoms with van der Waals surface area (Å²) in [5.74, 6) is -0.196. The monoisotopic (exact) mass is 302 g/mol. The van der Waals surface area contributed by atoms with Gasteiger partial charge in [0.25, 0.3) is 0 Å². The number of hydrogen-bond acceptors (Lipinski definition) is 2. The van der Waals surface area contributed by atoms with Gasteiger partial charge in [0.15, 0.2) is 0 Å². The van der Waals surface area contributed by atoms with Gasteiger partial charge in [-0.05, 0) is 37.8 Å². The molecule has 0 radical (unpaired) electrons. The first kappa shape index (κ1) is 16.5. The number of aryl methyl sites for hydroxylation is 1. The third kappa shape index (κ3) is 3.67. The molecule has 0 aliphatic heterocycles. The largest absolute Gasteiger partial charge is 0.348 e. The molecule has 120 valence electrons. The number of carbonyl (C=O) groups excluding carboxylic acids is 2. The molecule has 1 aromatic carbocycles. The summed E-state index contributed by atoms with van der Waals surface area (Å²) in [6.45, 7) is 5.52. The molecule has 1 saturated carbocycles. The van der Waals surface area contributed by atoms with Crippen LogP contribution in [-0.4, -0.2) is 17.4 Å². The van der Waals surface area contributed by atoms with Crippen LogP contribution in [0.3, 0.4) is 0 Å². The summed E-state index contributed by atoms with van der Waals surface area (Å²) in [5, 5.41) is 6.01. The second-order valence-electron chi connectivity index (χ2n) is 6.38. The van der Waals surface area contributed by atoms with E-state index in [1.54, 1.807) is 0 Å². The molecule has 1 aromatic rings. The number of benzene rings is 1. The first-order valence-electron chi connectivity index (χ1n) is 8.10. The lowest BCUT2D eigenvalue weighted by atomic mass is 9.80. The summed E-state index contributed by atoms with van der Waals surface area (Å²) < 4.78 is 0. The van der Waals surface area contributed by atoms with Gasteiger partial charge in [0.1, 0.15) is 5.54 Å². The minimum atomic E-state index is -0.735. The molecule has 0 heterocycles. The highest BCUT2D eigenvalue weighted by molar-refractivity contribution is 5.91. The Bertz CT molecular complexity index is 548. The Morgan fingerprint density at radius 2 is 1.77 bits per heavy atom. The van der Waals surface area contributed by atoms with Crippen molar-refractivity contribution in [2.45, 2.75) is 64.5 Å². The van der Waals surface area contributed by atoms with Crippen molar-refractivity contribution in [3.05, 3.63) is 35.4 Å². The van der Waals surface area contributed by atoms with E-state index < -0.39 is 5.54 Å². The van der Waals surface area contributed by atoms with Gasteiger partial charge in [-0.2, -0.15) is 0 Å². The summed E-state index contributed by atoms with van der Waals surface area (Å²) in [6, 6.07) is 7.98. The molecule has 0 spiro atoms. The normalized spacial score (nSPS) is 18.3. The van der Waals surface area contributed by atoms with E-state index in [9.17, 15) is 9.59 Å². The van der Waals surface area contributed by atoms with Crippen LogP contribution in [0.2, 0.25) is 0 Å². The predicted octanol–water partition coefficient (Wildman–Crippen LogP) is 3.01. The number of nitrogens with one attached hydrogen (secondary N) is 2. The zero-order valence-corrected chi connectivity index (χ0v) is 13.7. The second-order valence-corrected chi connectivity index (χ2v) is 6.38. The molecular weight excluding hydrogens is 276 g/mol. The van der Waals surface area contributed by atoms with Crippen LogP contribution in [0.1, 0.15) is 63.1 Å². The molecule has 0 bridgehead atoms. The maximum absolute atomic E-state index is 12.8. The number of carbonyl (C=O) groups is 2. The van der Waals surface area contributed by atoms with Crippen LogP contribution in [-0.2, 0) is 9.59 Å². The molecule has 1 aliphatic carbocycles. The van der Waals surface area contributed by atoms with Gasteiger partial charge in [-0.1, -0.05) is 43.5 Å². The minimum Gasteiger partial charge on any atom is -0.348 e. The zero-order chi connectivity index (χ0) is 16.2. The molecule has 2 amide bonds. The van der Waals surface area contributed by atoms with Crippen LogP contribution in [0.25, 0.3) is 0 Å². The molecule has 4 heteroatoms. The fourth-order valence-corrected chi connectivity index (χ4v) is 3.39. The van der Waals surface area contributed by atoms with E-state index in [-0.39, 0.29) is 17.9 Å². The van der Waals surface area contributed by atoms with Crippen molar-refractivity contribution >= 4 is 11.8 Å². The van der Waals surface area contributed by atoms with Crippen LogP contribution in [0.15, 0.2) is 24.3 Å². The first-order chi connectivity index (χ1) is 10.4. The first-order valence-corrected chi connectivity index (χ1v) is 8.10. The van der Waals surface area contributed by atoms with Crippen LogP contribution >= 0.6 is 0 Å². The maximum Gasteiger partial charge on any atom is 0.246 e. The van der Waals surface area contributed by atoms with Crippen molar-refractivity contribution in [3.63, 3.8) is 0 Å². The van der Waals surface area contributed by atoms with Crippen molar-refractivity contribution in [1.29, 1.82) is 0 Å². The maximum atomic E-state index is 12.8. The Morgan fingerprint density at radius 3 is 2.36 bits per heavy atom. The molecule has 1 aliphatic rings. The van der Waals surface area contributed by atoms with Gasteiger partial charge in [-0.25, -0.2) is 0 Å². The van der Waals surface area contributed by atoms with E-state index in [4.69, 9.17) is 0 Å². The second kappa shape index (κ2) is 6.95. The number of amides is 2. The molecule has 2 N–H and O–H groups in total. The Hall–Kier alpha value is -1.84. The standard InChI is InChI=1S/C18H26N2O2/c1-13-9-5-6-10-16(13)14(2)19-17(22)18(20-15(3)21)11-7-4-8-12-18/h5-6,9-10,14H,4,7-8,11-12H2,1-3H3,(H,19,22)(H,20,21). The number of hydrogen-bond donors (Lipinski definition) is 2. The smallest absolute Gasteiger partial charge is 0.246 e. The van der Waals surface area contributed by atoms with Crippen LogP contribution < -0.4 is 10.6 Å². The number of rotatable bonds is 4. The van der Waals surface area contributed by atoms with Crippen molar-refractivity contribution in [2.24, 2.45) is 0 Å². The van der Waals surface area contributed by atoms with E-state index in [2.05, 4.69) is 10.6 Å². The lowest BCUT2D eigenvalue weighted by molar-refractivity contribution is -0.134. The minimum absolute atomic E-state index is 0.0573. The van der Waals surface area contributed by atoms with Gasteiger partial charge >= 0.3 is 0 Å². The summed E-state index contributed by atoms with van der Waals surface area (Å²) in [5.41, 5.74) is 1.54. The SMILES string of the molecule is CC(=O)NC1(C(=O)NC(C)c2ccccc2C)CCCCC1. The molecule has 22 heavy (non-hydrogen) atoms. The lowest BCUT2D eigenvalue weighted by Gasteiger charge is -2.37. The molecule has 2 rings (SSSR count). The fourth-order valence-electron chi connectivity index (χ4n) is 3.39. The van der Waals surface area contributed by atoms with Gasteiger partial charge in [0, 0.05) is 6.92 Å². The average molecular weight is 302 g/mol. The Kier molecular flexibility index (Phi) is 5.22. The summed E-state index contributed by atoms with van der Waals surface area (Å²) in [4.78, 5) is 24.4. The van der Waals surface area contributed by atoms with E-state index in [0.717, 1.165) is 43.2 Å². The van der Waals surface area contributed by atoms with Crippen LogP contribution in [0.5, 0.6) is 0 Å². The molecule has 4 nitrogen and oxygen atoms in total. The highest BCUT2D eigenvalue weighted by atomic mass is 16.2. The van der Waals surface area contributed by atoms with E-state index >= 15 is 0 Å². The van der Waals surface area contributed by atoms with Gasteiger partial charge in [-0.3, -0.25) is 9.59 Å². The van der Waals surface area contributed by atoms with Gasteiger partial charge in [-0.15, -0.1) is 0 Å². The third-order valence-electron chi connectivity index (χ3n) is 4.56. The molecule has 1 unspecified atom stereocenters. The molecule has 1 atom stereocenters.